The van der Waals surface area contributed by atoms with Crippen molar-refractivity contribution in [1.29, 1.82) is 0 Å². The molecule has 0 radical (unpaired) electrons. The molecule has 0 aliphatic heterocycles. The van der Waals surface area contributed by atoms with Crippen LogP contribution in [0.5, 0.6) is 0 Å². The smallest absolute Gasteiger partial charge is 0.163 e. The van der Waals surface area contributed by atoms with E-state index in [0.717, 1.165) is 12.0 Å². The molecule has 0 N–H and O–H groups in total. The topological polar surface area (TPSA) is 17.1 Å². The number of ketones is 1. The Morgan fingerprint density at radius 1 is 1.17 bits per heavy atom. The van der Waals surface area contributed by atoms with Crippen LogP contribution in [-0.4, -0.2) is 5.78 Å². The first kappa shape index (κ1) is 13.1. The molecule has 0 bridgehead atoms. The maximum Gasteiger partial charge on any atom is 0.163 e. The Morgan fingerprint density at radius 3 is 2.44 bits per heavy atom. The lowest BCUT2D eigenvalue weighted by molar-refractivity contribution is 0.0860. The molecular formula is C17H22O. The number of hydrogen-bond acceptors (Lipinski definition) is 1. The minimum Gasteiger partial charge on any atom is -0.294 e. The predicted octanol–water partition coefficient (Wildman–Crippen LogP) is 4.79. The van der Waals surface area contributed by atoms with Crippen LogP contribution in [0.3, 0.4) is 0 Å². The van der Waals surface area contributed by atoms with E-state index in [1.54, 1.807) is 0 Å². The quantitative estimate of drug-likeness (QED) is 0.536. The molecule has 0 heterocycles. The first-order valence-corrected chi connectivity index (χ1v) is 6.95. The van der Waals surface area contributed by atoms with E-state index in [4.69, 9.17) is 0 Å². The van der Waals surface area contributed by atoms with Crippen molar-refractivity contribution < 1.29 is 4.79 Å². The number of Topliss-reactive ketones (excluding diaryl/α,β-unsaturated/α-hetero) is 1. The summed E-state index contributed by atoms with van der Waals surface area (Å²) in [5.41, 5.74) is 1.04. The molecule has 1 aromatic carbocycles. The number of carbonyl (C=O) groups is 1. The molecule has 1 heteroatoms. The lowest BCUT2D eigenvalue weighted by Gasteiger charge is -2.36. The van der Waals surface area contributed by atoms with Crippen molar-refractivity contribution in [2.75, 3.05) is 0 Å². The molecule has 2 rings (SSSR count). The van der Waals surface area contributed by atoms with E-state index in [0.29, 0.717) is 12.2 Å². The van der Waals surface area contributed by atoms with E-state index >= 15 is 0 Å². The lowest BCUT2D eigenvalue weighted by atomic mass is 9.68. The van der Waals surface area contributed by atoms with E-state index in [2.05, 4.69) is 6.58 Å². The molecule has 96 valence electrons. The highest BCUT2D eigenvalue weighted by molar-refractivity contribution is 5.96. The molecule has 1 nitrogen and oxygen atoms in total. The summed E-state index contributed by atoms with van der Waals surface area (Å²) in [6.45, 7) is 3.87. The standard InChI is InChI=1S/C17H22O/c1-2-11-17(12-7-4-8-13-17)14-16(18)15-9-5-3-6-10-15/h2-3,5-6,9-10H,1,4,7-8,11-14H2. The molecule has 0 unspecified atom stereocenters. The zero-order chi connectivity index (χ0) is 12.8. The summed E-state index contributed by atoms with van der Waals surface area (Å²) in [6.07, 6.45) is 9.84. The van der Waals surface area contributed by atoms with Gasteiger partial charge in [0.15, 0.2) is 5.78 Å². The summed E-state index contributed by atoms with van der Waals surface area (Å²) in [4.78, 5) is 12.4. The molecule has 0 atom stereocenters. The number of hydrogen-bond donors (Lipinski definition) is 0. The van der Waals surface area contributed by atoms with E-state index in [-0.39, 0.29) is 5.41 Å². The highest BCUT2D eigenvalue weighted by atomic mass is 16.1. The molecule has 1 fully saturated rings. The first-order valence-electron chi connectivity index (χ1n) is 6.95. The molecule has 0 aromatic heterocycles. The van der Waals surface area contributed by atoms with Crippen LogP contribution in [0.15, 0.2) is 43.0 Å². The summed E-state index contributed by atoms with van der Waals surface area (Å²) in [5, 5.41) is 0. The zero-order valence-corrected chi connectivity index (χ0v) is 11.0. The van der Waals surface area contributed by atoms with Gasteiger partial charge in [0, 0.05) is 12.0 Å². The van der Waals surface area contributed by atoms with Gasteiger partial charge in [-0.05, 0) is 24.7 Å². The van der Waals surface area contributed by atoms with Gasteiger partial charge in [-0.15, -0.1) is 6.58 Å². The van der Waals surface area contributed by atoms with E-state index < -0.39 is 0 Å². The second-order valence-electron chi connectivity index (χ2n) is 5.52. The van der Waals surface area contributed by atoms with Gasteiger partial charge in [0.05, 0.1) is 0 Å². The fourth-order valence-corrected chi connectivity index (χ4v) is 3.13. The van der Waals surface area contributed by atoms with Gasteiger partial charge in [0.25, 0.3) is 0 Å². The van der Waals surface area contributed by atoms with Gasteiger partial charge in [0.2, 0.25) is 0 Å². The van der Waals surface area contributed by atoms with Crippen molar-refractivity contribution in [2.45, 2.75) is 44.9 Å². The molecule has 0 saturated heterocycles. The summed E-state index contributed by atoms with van der Waals surface area (Å²) in [7, 11) is 0. The van der Waals surface area contributed by atoms with Gasteiger partial charge in [-0.3, -0.25) is 4.79 Å². The average Bonchev–Trinajstić information content (AvgIpc) is 2.41. The Labute approximate surface area is 110 Å². The monoisotopic (exact) mass is 242 g/mol. The van der Waals surface area contributed by atoms with E-state index in [1.165, 1.54) is 32.1 Å². The molecule has 1 aromatic rings. The van der Waals surface area contributed by atoms with E-state index in [9.17, 15) is 4.79 Å². The summed E-state index contributed by atoms with van der Waals surface area (Å²) in [5.74, 6) is 0.291. The Kier molecular flexibility index (Phi) is 4.35. The maximum atomic E-state index is 12.4. The van der Waals surface area contributed by atoms with Crippen molar-refractivity contribution in [1.82, 2.24) is 0 Å². The largest absolute Gasteiger partial charge is 0.294 e. The normalized spacial score (nSPS) is 18.2. The van der Waals surface area contributed by atoms with Crippen molar-refractivity contribution in [3.63, 3.8) is 0 Å². The number of allylic oxidation sites excluding steroid dienone is 1. The second kappa shape index (κ2) is 5.99. The molecule has 18 heavy (non-hydrogen) atoms. The van der Waals surface area contributed by atoms with Crippen molar-refractivity contribution >= 4 is 5.78 Å². The highest BCUT2D eigenvalue weighted by Gasteiger charge is 2.33. The molecular weight excluding hydrogens is 220 g/mol. The molecule has 0 amide bonds. The van der Waals surface area contributed by atoms with Crippen molar-refractivity contribution in [3.05, 3.63) is 48.6 Å². The van der Waals surface area contributed by atoms with E-state index in [1.807, 2.05) is 36.4 Å². The average molecular weight is 242 g/mol. The second-order valence-corrected chi connectivity index (χ2v) is 5.52. The van der Waals surface area contributed by atoms with Crippen LogP contribution in [0.25, 0.3) is 0 Å². The number of carbonyl (C=O) groups excluding carboxylic acids is 1. The van der Waals surface area contributed by atoms with Crippen LogP contribution >= 0.6 is 0 Å². The third kappa shape index (κ3) is 3.10. The van der Waals surface area contributed by atoms with Gasteiger partial charge >= 0.3 is 0 Å². The molecule has 1 saturated carbocycles. The number of benzene rings is 1. The summed E-state index contributed by atoms with van der Waals surface area (Å²) >= 11 is 0. The third-order valence-electron chi connectivity index (χ3n) is 4.12. The highest BCUT2D eigenvalue weighted by Crippen LogP contribution is 2.43. The van der Waals surface area contributed by atoms with Crippen LogP contribution in [0.1, 0.15) is 55.3 Å². The minimum absolute atomic E-state index is 0.187. The van der Waals surface area contributed by atoms with Crippen LogP contribution in [0.2, 0.25) is 0 Å². The van der Waals surface area contributed by atoms with Crippen LogP contribution in [-0.2, 0) is 0 Å². The van der Waals surface area contributed by atoms with Gasteiger partial charge in [0.1, 0.15) is 0 Å². The SMILES string of the molecule is C=CCC1(CC(=O)c2ccccc2)CCCCC1. The van der Waals surface area contributed by atoms with Gasteiger partial charge in [-0.1, -0.05) is 55.7 Å². The fourth-order valence-electron chi connectivity index (χ4n) is 3.13. The van der Waals surface area contributed by atoms with Crippen LogP contribution in [0.4, 0.5) is 0 Å². The van der Waals surface area contributed by atoms with Crippen LogP contribution < -0.4 is 0 Å². The summed E-state index contributed by atoms with van der Waals surface area (Å²) < 4.78 is 0. The predicted molar refractivity (Wildman–Crippen MR) is 75.7 cm³/mol. The van der Waals surface area contributed by atoms with Crippen molar-refractivity contribution in [3.8, 4) is 0 Å². The fraction of sp³-hybridized carbons (Fsp3) is 0.471. The minimum atomic E-state index is 0.187. The maximum absolute atomic E-state index is 12.4. The summed E-state index contributed by atoms with van der Waals surface area (Å²) in [6, 6.07) is 9.68. The Morgan fingerprint density at radius 2 is 1.83 bits per heavy atom. The first-order chi connectivity index (χ1) is 8.76. The number of rotatable bonds is 5. The zero-order valence-electron chi connectivity index (χ0n) is 11.0. The van der Waals surface area contributed by atoms with Crippen molar-refractivity contribution in [2.24, 2.45) is 5.41 Å². The Bertz CT molecular complexity index is 399. The van der Waals surface area contributed by atoms with Gasteiger partial charge in [-0.2, -0.15) is 0 Å². The van der Waals surface area contributed by atoms with Crippen LogP contribution in [0, 0.1) is 5.41 Å². The van der Waals surface area contributed by atoms with Gasteiger partial charge in [-0.25, -0.2) is 0 Å². The lowest BCUT2D eigenvalue weighted by Crippen LogP contribution is -2.27. The third-order valence-corrected chi connectivity index (χ3v) is 4.12. The molecule has 1 aliphatic carbocycles. The Balaban J connectivity index is 2.09. The Hall–Kier alpha value is -1.37. The molecule has 0 spiro atoms. The molecule has 1 aliphatic rings. The van der Waals surface area contributed by atoms with Gasteiger partial charge < -0.3 is 0 Å².